The second kappa shape index (κ2) is 8.08. The summed E-state index contributed by atoms with van der Waals surface area (Å²) in [6.45, 7) is 0.550. The van der Waals surface area contributed by atoms with Gasteiger partial charge in [0.2, 0.25) is 5.91 Å². The summed E-state index contributed by atoms with van der Waals surface area (Å²) in [6.07, 6.45) is 0.951. The van der Waals surface area contributed by atoms with Crippen LogP contribution in [0.5, 0.6) is 17.2 Å². The average Bonchev–Trinajstić information content (AvgIpc) is 2.55. The Morgan fingerprint density at radius 1 is 1.09 bits per heavy atom. The molecule has 0 unspecified atom stereocenters. The minimum absolute atomic E-state index is 0.0363. The zero-order valence-electron chi connectivity index (χ0n) is 13.3. The molecular formula is C18H21NO4. The largest absolute Gasteiger partial charge is 0.504 e. The zero-order valence-corrected chi connectivity index (χ0v) is 13.3. The summed E-state index contributed by atoms with van der Waals surface area (Å²) in [5.41, 5.74) is 1.84. The number of hydrogen-bond donors (Lipinski definition) is 2. The minimum atomic E-state index is -0.0857. The third-order valence-corrected chi connectivity index (χ3v) is 3.48. The molecular weight excluding hydrogens is 294 g/mol. The van der Waals surface area contributed by atoms with E-state index in [1.54, 1.807) is 25.3 Å². The van der Waals surface area contributed by atoms with Crippen molar-refractivity contribution in [1.29, 1.82) is 0 Å². The van der Waals surface area contributed by atoms with Gasteiger partial charge in [-0.25, -0.2) is 0 Å². The highest BCUT2D eigenvalue weighted by atomic mass is 16.5. The lowest BCUT2D eigenvalue weighted by molar-refractivity contribution is -0.120. The van der Waals surface area contributed by atoms with Crippen LogP contribution in [0, 0.1) is 0 Å². The van der Waals surface area contributed by atoms with Crippen molar-refractivity contribution in [2.24, 2.45) is 0 Å². The summed E-state index contributed by atoms with van der Waals surface area (Å²) < 4.78 is 10.1. The zero-order chi connectivity index (χ0) is 16.7. The number of ether oxygens (including phenoxy) is 2. The lowest BCUT2D eigenvalue weighted by atomic mass is 10.1. The molecule has 2 rings (SSSR count). The van der Waals surface area contributed by atoms with Crippen molar-refractivity contribution in [2.75, 3.05) is 20.8 Å². The molecule has 2 aromatic carbocycles. The minimum Gasteiger partial charge on any atom is -0.504 e. The smallest absolute Gasteiger partial charge is 0.224 e. The maximum absolute atomic E-state index is 11.9. The molecule has 0 aliphatic heterocycles. The molecule has 122 valence electrons. The van der Waals surface area contributed by atoms with Gasteiger partial charge in [-0.15, -0.1) is 0 Å². The number of carbonyl (C=O) groups excluding carboxylic acids is 1. The Kier molecular flexibility index (Phi) is 5.86. The van der Waals surface area contributed by atoms with Crippen LogP contribution in [-0.2, 0) is 17.6 Å². The van der Waals surface area contributed by atoms with Crippen LogP contribution in [0.1, 0.15) is 11.1 Å². The van der Waals surface area contributed by atoms with Gasteiger partial charge >= 0.3 is 0 Å². The van der Waals surface area contributed by atoms with Crippen molar-refractivity contribution in [3.05, 3.63) is 53.6 Å². The second-order valence-corrected chi connectivity index (χ2v) is 5.13. The predicted molar refractivity (Wildman–Crippen MR) is 88.1 cm³/mol. The molecule has 0 atom stereocenters. The lowest BCUT2D eigenvalue weighted by Gasteiger charge is -2.08. The summed E-state index contributed by atoms with van der Waals surface area (Å²) in [5, 5.41) is 12.6. The van der Waals surface area contributed by atoms with Crippen molar-refractivity contribution in [2.45, 2.75) is 12.8 Å². The van der Waals surface area contributed by atoms with E-state index >= 15 is 0 Å². The van der Waals surface area contributed by atoms with Gasteiger partial charge in [0.25, 0.3) is 0 Å². The topological polar surface area (TPSA) is 67.8 Å². The first-order valence-corrected chi connectivity index (χ1v) is 7.38. The molecule has 2 N–H and O–H groups in total. The highest BCUT2D eigenvalue weighted by molar-refractivity contribution is 5.78. The van der Waals surface area contributed by atoms with Gasteiger partial charge in [-0.3, -0.25) is 4.79 Å². The van der Waals surface area contributed by atoms with E-state index in [1.807, 2.05) is 24.3 Å². The van der Waals surface area contributed by atoms with Crippen molar-refractivity contribution in [1.82, 2.24) is 5.32 Å². The van der Waals surface area contributed by atoms with Gasteiger partial charge < -0.3 is 19.9 Å². The summed E-state index contributed by atoms with van der Waals surface area (Å²) >= 11 is 0. The number of carbonyl (C=O) groups is 1. The fourth-order valence-corrected chi connectivity index (χ4v) is 2.27. The lowest BCUT2D eigenvalue weighted by Crippen LogP contribution is -2.27. The number of phenolic OH excluding ortho intramolecular Hbond substituents is 1. The molecule has 0 radical (unpaired) electrons. The van der Waals surface area contributed by atoms with Crippen LogP contribution < -0.4 is 14.8 Å². The summed E-state index contributed by atoms with van der Waals surface area (Å²) in [4.78, 5) is 11.9. The first kappa shape index (κ1) is 16.7. The van der Waals surface area contributed by atoms with Gasteiger partial charge in [-0.2, -0.15) is 0 Å². The quantitative estimate of drug-likeness (QED) is 0.823. The Hall–Kier alpha value is -2.69. The summed E-state index contributed by atoms with van der Waals surface area (Å²) in [7, 11) is 3.12. The Bertz CT molecular complexity index is 670. The fraction of sp³-hybridized carbons (Fsp3) is 0.278. The second-order valence-electron chi connectivity index (χ2n) is 5.13. The number of hydrogen-bond acceptors (Lipinski definition) is 4. The SMILES string of the molecule is COc1cccc(CCNC(=O)Cc2ccc(OC)c(O)c2)c1. The van der Waals surface area contributed by atoms with E-state index in [0.29, 0.717) is 12.3 Å². The molecule has 0 bridgehead atoms. The van der Waals surface area contributed by atoms with E-state index < -0.39 is 0 Å². The molecule has 1 amide bonds. The molecule has 23 heavy (non-hydrogen) atoms. The number of methoxy groups -OCH3 is 2. The molecule has 5 heteroatoms. The molecule has 0 saturated heterocycles. The van der Waals surface area contributed by atoms with Crippen LogP contribution >= 0.6 is 0 Å². The number of phenols is 1. The summed E-state index contributed by atoms with van der Waals surface area (Å²) in [6, 6.07) is 12.7. The number of benzene rings is 2. The Labute approximate surface area is 135 Å². The molecule has 0 saturated carbocycles. The van der Waals surface area contributed by atoms with E-state index in [1.165, 1.54) is 7.11 Å². The van der Waals surface area contributed by atoms with Gasteiger partial charge in [0.15, 0.2) is 11.5 Å². The van der Waals surface area contributed by atoms with Crippen molar-refractivity contribution in [3.8, 4) is 17.2 Å². The van der Waals surface area contributed by atoms with Crippen LogP contribution in [0.4, 0.5) is 0 Å². The first-order valence-electron chi connectivity index (χ1n) is 7.38. The molecule has 0 spiro atoms. The molecule has 0 aliphatic carbocycles. The number of aromatic hydroxyl groups is 1. The normalized spacial score (nSPS) is 10.2. The number of nitrogens with one attached hydrogen (secondary N) is 1. The molecule has 5 nitrogen and oxygen atoms in total. The van der Waals surface area contributed by atoms with Gasteiger partial charge in [0, 0.05) is 6.54 Å². The molecule has 2 aromatic rings. The fourth-order valence-electron chi connectivity index (χ4n) is 2.27. The van der Waals surface area contributed by atoms with E-state index in [9.17, 15) is 9.90 Å². The Morgan fingerprint density at radius 2 is 1.91 bits per heavy atom. The van der Waals surface area contributed by atoms with E-state index in [4.69, 9.17) is 9.47 Å². The maximum atomic E-state index is 11.9. The van der Waals surface area contributed by atoms with E-state index in [0.717, 1.165) is 23.3 Å². The van der Waals surface area contributed by atoms with E-state index in [-0.39, 0.29) is 18.1 Å². The maximum Gasteiger partial charge on any atom is 0.224 e. The summed E-state index contributed by atoms with van der Waals surface area (Å²) in [5.74, 6) is 1.15. The standard InChI is InChI=1S/C18H21NO4/c1-22-15-5-3-4-13(10-15)8-9-19-18(21)12-14-6-7-17(23-2)16(20)11-14/h3-7,10-11,20H,8-9,12H2,1-2H3,(H,19,21). The van der Waals surface area contributed by atoms with Crippen LogP contribution in [0.25, 0.3) is 0 Å². The predicted octanol–water partition coefficient (Wildman–Crippen LogP) is 2.31. The van der Waals surface area contributed by atoms with Gasteiger partial charge in [0.1, 0.15) is 5.75 Å². The molecule has 0 aromatic heterocycles. The van der Waals surface area contributed by atoms with Crippen LogP contribution in [0.2, 0.25) is 0 Å². The van der Waals surface area contributed by atoms with Crippen molar-refractivity contribution in [3.63, 3.8) is 0 Å². The average molecular weight is 315 g/mol. The monoisotopic (exact) mass is 315 g/mol. The highest BCUT2D eigenvalue weighted by Gasteiger charge is 2.07. The number of rotatable bonds is 7. The molecule has 0 heterocycles. The third kappa shape index (κ3) is 4.92. The van der Waals surface area contributed by atoms with Gasteiger partial charge in [-0.1, -0.05) is 18.2 Å². The molecule has 0 fully saturated rings. The Balaban J connectivity index is 1.82. The highest BCUT2D eigenvalue weighted by Crippen LogP contribution is 2.26. The number of amides is 1. The van der Waals surface area contributed by atoms with Gasteiger partial charge in [0.05, 0.1) is 20.6 Å². The van der Waals surface area contributed by atoms with Crippen LogP contribution in [0.3, 0.4) is 0 Å². The van der Waals surface area contributed by atoms with E-state index in [2.05, 4.69) is 5.32 Å². The first-order chi connectivity index (χ1) is 11.1. The molecule has 0 aliphatic rings. The van der Waals surface area contributed by atoms with Crippen molar-refractivity contribution >= 4 is 5.91 Å². The Morgan fingerprint density at radius 3 is 2.61 bits per heavy atom. The third-order valence-electron chi connectivity index (χ3n) is 3.48. The van der Waals surface area contributed by atoms with Gasteiger partial charge in [-0.05, 0) is 41.8 Å². The van der Waals surface area contributed by atoms with Crippen LogP contribution in [-0.4, -0.2) is 31.8 Å². The van der Waals surface area contributed by atoms with Crippen LogP contribution in [0.15, 0.2) is 42.5 Å². The van der Waals surface area contributed by atoms with Crippen molar-refractivity contribution < 1.29 is 19.4 Å².